The Hall–Kier alpha value is -3.44. The molecule has 1 aliphatic heterocycles. The van der Waals surface area contributed by atoms with Crippen molar-refractivity contribution < 1.29 is 5.11 Å². The number of hydrogen-bond acceptors (Lipinski definition) is 4. The molecule has 2 aliphatic rings. The highest BCUT2D eigenvalue weighted by Crippen LogP contribution is 2.37. The third-order valence-electron chi connectivity index (χ3n) is 6.99. The minimum atomic E-state index is 0.264. The van der Waals surface area contributed by atoms with Gasteiger partial charge in [0, 0.05) is 17.2 Å². The van der Waals surface area contributed by atoms with Crippen LogP contribution in [0.15, 0.2) is 82.8 Å². The molecule has 2 atom stereocenters. The maximum absolute atomic E-state index is 11.4. The predicted octanol–water partition coefficient (Wildman–Crippen LogP) is 6.00. The molecule has 3 aromatic carbocycles. The van der Waals surface area contributed by atoms with Gasteiger partial charge in [-0.1, -0.05) is 73.6 Å². The smallest absolute Gasteiger partial charge is 0.211 e. The Morgan fingerprint density at radius 1 is 0.971 bits per heavy atom. The average molecular weight is 466 g/mol. The summed E-state index contributed by atoms with van der Waals surface area (Å²) in [6.07, 6.45) is 6.79. The fraction of sp³-hybridized carbons (Fsp3) is 0.241. The van der Waals surface area contributed by atoms with E-state index in [1.807, 2.05) is 36.4 Å². The molecular formula is C29H27N3OS. The van der Waals surface area contributed by atoms with Gasteiger partial charge in [0.25, 0.3) is 0 Å². The first-order valence-corrected chi connectivity index (χ1v) is 12.8. The summed E-state index contributed by atoms with van der Waals surface area (Å²) in [5, 5.41) is 13.5. The van der Waals surface area contributed by atoms with Crippen LogP contribution in [0.5, 0.6) is 5.88 Å². The lowest BCUT2D eigenvalue weighted by molar-refractivity contribution is 0.234. The minimum Gasteiger partial charge on any atom is -0.493 e. The Labute approximate surface area is 202 Å². The Kier molecular flexibility index (Phi) is 5.42. The highest BCUT2D eigenvalue weighted by atomic mass is 32.1. The van der Waals surface area contributed by atoms with Gasteiger partial charge in [0.05, 0.1) is 21.6 Å². The highest BCUT2D eigenvalue weighted by Gasteiger charge is 2.27. The molecule has 0 saturated heterocycles. The third kappa shape index (κ3) is 3.80. The van der Waals surface area contributed by atoms with E-state index in [-0.39, 0.29) is 6.04 Å². The van der Waals surface area contributed by atoms with Crippen LogP contribution < -0.4 is 15.4 Å². The predicted molar refractivity (Wildman–Crippen MR) is 138 cm³/mol. The first-order valence-electron chi connectivity index (χ1n) is 12.0. The summed E-state index contributed by atoms with van der Waals surface area (Å²) < 4.78 is 2.09. The van der Waals surface area contributed by atoms with Gasteiger partial charge < -0.3 is 5.11 Å². The number of fused-ring (bicyclic) bond motifs is 3. The number of benzene rings is 3. The average Bonchev–Trinajstić information content (AvgIpc) is 3.37. The fourth-order valence-corrected chi connectivity index (χ4v) is 6.25. The molecule has 170 valence electrons. The maximum atomic E-state index is 11.4. The lowest BCUT2D eigenvalue weighted by Crippen LogP contribution is -2.27. The van der Waals surface area contributed by atoms with Crippen LogP contribution in [-0.2, 0) is 0 Å². The van der Waals surface area contributed by atoms with Crippen molar-refractivity contribution in [3.05, 3.63) is 93.1 Å². The maximum Gasteiger partial charge on any atom is 0.211 e. The third-order valence-corrected chi connectivity index (χ3v) is 7.98. The second-order valence-electron chi connectivity index (χ2n) is 9.27. The minimum absolute atomic E-state index is 0.264. The molecule has 0 unspecified atom stereocenters. The number of thiazole rings is 1. The van der Waals surface area contributed by atoms with Crippen molar-refractivity contribution in [1.82, 2.24) is 4.57 Å². The van der Waals surface area contributed by atoms with Gasteiger partial charge in [-0.2, -0.15) is 0 Å². The molecule has 1 fully saturated rings. The van der Waals surface area contributed by atoms with Crippen LogP contribution in [-0.4, -0.2) is 9.67 Å². The van der Waals surface area contributed by atoms with E-state index in [0.29, 0.717) is 11.8 Å². The van der Waals surface area contributed by atoms with Crippen LogP contribution in [0.25, 0.3) is 17.2 Å². The van der Waals surface area contributed by atoms with E-state index in [4.69, 9.17) is 9.98 Å². The fourth-order valence-electron chi connectivity index (χ4n) is 5.20. The molecule has 4 nitrogen and oxygen atoms in total. The van der Waals surface area contributed by atoms with Crippen LogP contribution in [0, 0.1) is 5.92 Å². The topological polar surface area (TPSA) is 49.9 Å². The Morgan fingerprint density at radius 2 is 1.76 bits per heavy atom. The quantitative estimate of drug-likeness (QED) is 0.349. The SMILES string of the molecule is C[C@H]1CCCC[C@@H]1n1c(O)c(C=c2ccc3c(c2)-c2ccccc2N=3)sc1=Nc1ccccc1. The summed E-state index contributed by atoms with van der Waals surface area (Å²) in [4.78, 5) is 11.4. The molecule has 1 saturated carbocycles. The lowest BCUT2D eigenvalue weighted by Gasteiger charge is -2.30. The number of para-hydroxylation sites is 2. The van der Waals surface area contributed by atoms with Crippen molar-refractivity contribution in [3.8, 4) is 17.0 Å². The normalized spacial score (nSPS) is 20.1. The zero-order valence-electron chi connectivity index (χ0n) is 19.2. The van der Waals surface area contributed by atoms with Gasteiger partial charge in [-0.05, 0) is 60.4 Å². The molecule has 6 rings (SSSR count). The van der Waals surface area contributed by atoms with E-state index < -0.39 is 0 Å². The number of aromatic nitrogens is 1. The van der Waals surface area contributed by atoms with Crippen molar-refractivity contribution in [2.75, 3.05) is 0 Å². The summed E-state index contributed by atoms with van der Waals surface area (Å²) in [6.45, 7) is 2.30. The van der Waals surface area contributed by atoms with Crippen molar-refractivity contribution in [2.45, 2.75) is 38.6 Å². The van der Waals surface area contributed by atoms with E-state index in [0.717, 1.165) is 49.2 Å². The zero-order valence-corrected chi connectivity index (χ0v) is 20.0. The molecule has 0 spiro atoms. The van der Waals surface area contributed by atoms with E-state index >= 15 is 0 Å². The van der Waals surface area contributed by atoms with Crippen molar-refractivity contribution in [3.63, 3.8) is 0 Å². The molecule has 2 heterocycles. The van der Waals surface area contributed by atoms with Crippen LogP contribution >= 0.6 is 11.3 Å². The zero-order chi connectivity index (χ0) is 23.1. The van der Waals surface area contributed by atoms with E-state index in [9.17, 15) is 5.11 Å². The van der Waals surface area contributed by atoms with Crippen molar-refractivity contribution >= 4 is 28.8 Å². The summed E-state index contributed by atoms with van der Waals surface area (Å²) in [5.74, 6) is 0.832. The van der Waals surface area contributed by atoms with Crippen LogP contribution in [0.2, 0.25) is 0 Å². The lowest BCUT2D eigenvalue weighted by atomic mass is 9.86. The number of nitrogens with zero attached hydrogens (tertiary/aromatic N) is 3. The summed E-state index contributed by atoms with van der Waals surface area (Å²) >= 11 is 1.56. The largest absolute Gasteiger partial charge is 0.493 e. The van der Waals surface area contributed by atoms with Gasteiger partial charge in [-0.15, -0.1) is 0 Å². The number of aromatic hydroxyl groups is 1. The first kappa shape index (κ1) is 21.1. The molecule has 1 N–H and O–H groups in total. The van der Waals surface area contributed by atoms with Crippen LogP contribution in [0.1, 0.15) is 43.5 Å². The van der Waals surface area contributed by atoms with Crippen LogP contribution in [0.4, 0.5) is 11.4 Å². The van der Waals surface area contributed by atoms with Gasteiger partial charge >= 0.3 is 0 Å². The van der Waals surface area contributed by atoms with E-state index in [1.54, 1.807) is 11.3 Å². The van der Waals surface area contributed by atoms with Gasteiger partial charge in [-0.3, -0.25) is 4.57 Å². The Morgan fingerprint density at radius 3 is 2.62 bits per heavy atom. The summed E-state index contributed by atoms with van der Waals surface area (Å²) in [6, 6.07) is 24.8. The van der Waals surface area contributed by atoms with Gasteiger partial charge in [0.2, 0.25) is 5.88 Å². The number of rotatable bonds is 3. The van der Waals surface area contributed by atoms with E-state index in [2.05, 4.69) is 54.0 Å². The second kappa shape index (κ2) is 8.73. The first-order chi connectivity index (χ1) is 16.7. The summed E-state index contributed by atoms with van der Waals surface area (Å²) in [7, 11) is 0. The summed E-state index contributed by atoms with van der Waals surface area (Å²) in [5.41, 5.74) is 4.22. The monoisotopic (exact) mass is 465 g/mol. The van der Waals surface area contributed by atoms with E-state index in [1.165, 1.54) is 19.3 Å². The van der Waals surface area contributed by atoms with Gasteiger partial charge in [0.15, 0.2) is 4.80 Å². The van der Waals surface area contributed by atoms with Crippen molar-refractivity contribution in [2.24, 2.45) is 15.9 Å². The number of hydrogen-bond donors (Lipinski definition) is 1. The Balaban J connectivity index is 1.50. The molecule has 0 radical (unpaired) electrons. The Bertz CT molecular complexity index is 1550. The molecule has 1 aliphatic carbocycles. The van der Waals surface area contributed by atoms with Gasteiger partial charge in [-0.25, -0.2) is 9.98 Å². The van der Waals surface area contributed by atoms with Crippen LogP contribution in [0.3, 0.4) is 0 Å². The molecular weight excluding hydrogens is 438 g/mol. The van der Waals surface area contributed by atoms with Gasteiger partial charge in [0.1, 0.15) is 0 Å². The standard InChI is InChI=1S/C29H27N3OS/c1-19-9-5-8-14-26(19)32-28(33)27(34-29(32)30-21-10-3-2-4-11-21)18-20-15-16-25-23(17-20)22-12-6-7-13-24(22)31-25/h2-4,6-7,10-13,15-19,26,33H,5,8-9,14H2,1H3/t19-,26-/m0/s1. The molecule has 1 aromatic heterocycles. The highest BCUT2D eigenvalue weighted by molar-refractivity contribution is 7.10. The molecule has 34 heavy (non-hydrogen) atoms. The molecule has 4 aromatic rings. The molecule has 5 heteroatoms. The molecule has 0 bridgehead atoms. The van der Waals surface area contributed by atoms with Crippen molar-refractivity contribution in [1.29, 1.82) is 0 Å². The second-order valence-corrected chi connectivity index (χ2v) is 10.3. The molecule has 0 amide bonds.